The van der Waals surface area contributed by atoms with Gasteiger partial charge in [-0.15, -0.1) is 0 Å². The topological polar surface area (TPSA) is 21.3 Å². The Kier molecular flexibility index (Phi) is 5.33. The number of hydrogen-bond donors (Lipinski definition) is 1. The lowest BCUT2D eigenvalue weighted by molar-refractivity contribution is 0.216. The van der Waals surface area contributed by atoms with Gasteiger partial charge in [0.05, 0.1) is 6.61 Å². The molecule has 1 atom stereocenters. The third-order valence-electron chi connectivity index (χ3n) is 3.54. The molecule has 0 aliphatic carbocycles. The Morgan fingerprint density at radius 1 is 1.28 bits per heavy atom. The summed E-state index contributed by atoms with van der Waals surface area (Å²) >= 11 is 5.84. The van der Waals surface area contributed by atoms with E-state index in [1.54, 1.807) is 0 Å². The summed E-state index contributed by atoms with van der Waals surface area (Å²) in [6, 6.07) is 7.60. The lowest BCUT2D eigenvalue weighted by atomic mass is 9.89. The highest BCUT2D eigenvalue weighted by atomic mass is 35.5. The zero-order chi connectivity index (χ0) is 12.8. The van der Waals surface area contributed by atoms with Gasteiger partial charge in [-0.25, -0.2) is 0 Å². The van der Waals surface area contributed by atoms with Crippen LogP contribution in [-0.2, 0) is 0 Å². The first-order chi connectivity index (χ1) is 8.74. The van der Waals surface area contributed by atoms with E-state index in [9.17, 15) is 0 Å². The molecule has 1 aromatic rings. The summed E-state index contributed by atoms with van der Waals surface area (Å²) in [6.45, 7) is 5.42. The summed E-state index contributed by atoms with van der Waals surface area (Å²) in [5.41, 5.74) is 0. The molecule has 100 valence electrons. The molecule has 1 aliphatic rings. The van der Waals surface area contributed by atoms with Crippen LogP contribution >= 0.6 is 11.6 Å². The van der Waals surface area contributed by atoms with Gasteiger partial charge >= 0.3 is 0 Å². The van der Waals surface area contributed by atoms with Crippen LogP contribution in [0, 0.1) is 11.8 Å². The molecule has 0 bridgehead atoms. The van der Waals surface area contributed by atoms with Crippen molar-refractivity contribution in [3.63, 3.8) is 0 Å². The lowest BCUT2D eigenvalue weighted by Gasteiger charge is -2.25. The Labute approximate surface area is 115 Å². The predicted molar refractivity (Wildman–Crippen MR) is 76.3 cm³/mol. The molecule has 1 saturated heterocycles. The van der Waals surface area contributed by atoms with Crippen molar-refractivity contribution in [1.29, 1.82) is 0 Å². The molecule has 0 spiro atoms. The average Bonchev–Trinajstić information content (AvgIpc) is 2.39. The van der Waals surface area contributed by atoms with E-state index in [1.165, 1.54) is 32.4 Å². The van der Waals surface area contributed by atoms with Crippen LogP contribution in [0.2, 0.25) is 5.02 Å². The second kappa shape index (κ2) is 7.01. The number of benzene rings is 1. The maximum atomic E-state index is 5.84. The fourth-order valence-corrected chi connectivity index (χ4v) is 2.65. The van der Waals surface area contributed by atoms with Crippen LogP contribution in [0.25, 0.3) is 0 Å². The van der Waals surface area contributed by atoms with Crippen LogP contribution in [0.5, 0.6) is 5.75 Å². The van der Waals surface area contributed by atoms with E-state index < -0.39 is 0 Å². The maximum Gasteiger partial charge on any atom is 0.119 e. The highest BCUT2D eigenvalue weighted by molar-refractivity contribution is 6.30. The molecular weight excluding hydrogens is 246 g/mol. The Hall–Kier alpha value is -0.730. The minimum atomic E-state index is 0.615. The fourth-order valence-electron chi connectivity index (χ4n) is 2.52. The molecule has 1 unspecified atom stereocenters. The molecule has 3 heteroatoms. The first-order valence-electron chi connectivity index (χ1n) is 6.83. The van der Waals surface area contributed by atoms with E-state index in [4.69, 9.17) is 16.3 Å². The molecule has 1 heterocycles. The van der Waals surface area contributed by atoms with Crippen molar-refractivity contribution in [2.24, 2.45) is 11.8 Å². The van der Waals surface area contributed by atoms with Crippen molar-refractivity contribution < 1.29 is 4.74 Å². The SMILES string of the molecule is CC(COc1ccc(Cl)cc1)CC1CCNCC1. The monoisotopic (exact) mass is 267 g/mol. The van der Waals surface area contributed by atoms with Crippen LogP contribution in [-0.4, -0.2) is 19.7 Å². The molecule has 0 saturated carbocycles. The number of rotatable bonds is 5. The molecule has 2 rings (SSSR count). The van der Waals surface area contributed by atoms with Gasteiger partial charge in [-0.1, -0.05) is 18.5 Å². The minimum Gasteiger partial charge on any atom is -0.493 e. The highest BCUT2D eigenvalue weighted by Crippen LogP contribution is 2.22. The van der Waals surface area contributed by atoms with E-state index in [0.717, 1.165) is 23.3 Å². The van der Waals surface area contributed by atoms with Crippen LogP contribution in [0.3, 0.4) is 0 Å². The van der Waals surface area contributed by atoms with Crippen molar-refractivity contribution in [1.82, 2.24) is 5.32 Å². The first-order valence-corrected chi connectivity index (χ1v) is 7.21. The second-order valence-corrected chi connectivity index (χ2v) is 5.74. The number of nitrogens with one attached hydrogen (secondary N) is 1. The smallest absolute Gasteiger partial charge is 0.119 e. The van der Waals surface area contributed by atoms with Gasteiger partial charge in [0.15, 0.2) is 0 Å². The summed E-state index contributed by atoms with van der Waals surface area (Å²) in [5, 5.41) is 4.16. The predicted octanol–water partition coefficient (Wildman–Crippen LogP) is 3.74. The summed E-state index contributed by atoms with van der Waals surface area (Å²) in [6.07, 6.45) is 3.89. The molecule has 0 aromatic heterocycles. The zero-order valence-electron chi connectivity index (χ0n) is 11.0. The van der Waals surface area contributed by atoms with Crippen molar-refractivity contribution >= 4 is 11.6 Å². The second-order valence-electron chi connectivity index (χ2n) is 5.30. The van der Waals surface area contributed by atoms with E-state index in [-0.39, 0.29) is 0 Å². The number of hydrogen-bond acceptors (Lipinski definition) is 2. The van der Waals surface area contributed by atoms with Crippen LogP contribution < -0.4 is 10.1 Å². The van der Waals surface area contributed by atoms with Crippen molar-refractivity contribution in [3.05, 3.63) is 29.3 Å². The first kappa shape index (κ1) is 13.7. The number of ether oxygens (including phenoxy) is 1. The van der Waals surface area contributed by atoms with Crippen molar-refractivity contribution in [3.8, 4) is 5.75 Å². The molecule has 0 radical (unpaired) electrons. The van der Waals surface area contributed by atoms with Gasteiger partial charge in [-0.2, -0.15) is 0 Å². The summed E-state index contributed by atoms with van der Waals surface area (Å²) in [5.74, 6) is 2.40. The van der Waals surface area contributed by atoms with Gasteiger partial charge < -0.3 is 10.1 Å². The third kappa shape index (κ3) is 4.51. The van der Waals surface area contributed by atoms with Crippen LogP contribution in [0.4, 0.5) is 0 Å². The van der Waals surface area contributed by atoms with Crippen molar-refractivity contribution in [2.45, 2.75) is 26.2 Å². The molecule has 1 aromatic carbocycles. The van der Waals surface area contributed by atoms with E-state index in [0.29, 0.717) is 5.92 Å². The van der Waals surface area contributed by atoms with Gasteiger partial charge in [0, 0.05) is 5.02 Å². The third-order valence-corrected chi connectivity index (χ3v) is 3.79. The van der Waals surface area contributed by atoms with Gasteiger partial charge in [0.1, 0.15) is 5.75 Å². The molecule has 18 heavy (non-hydrogen) atoms. The Morgan fingerprint density at radius 3 is 2.61 bits per heavy atom. The Morgan fingerprint density at radius 2 is 1.94 bits per heavy atom. The van der Waals surface area contributed by atoms with Gasteiger partial charge in [-0.3, -0.25) is 0 Å². The lowest BCUT2D eigenvalue weighted by Crippen LogP contribution is -2.29. The maximum absolute atomic E-state index is 5.84. The Bertz CT molecular complexity index is 346. The number of halogens is 1. The molecule has 1 aliphatic heterocycles. The van der Waals surface area contributed by atoms with Gasteiger partial charge in [0.2, 0.25) is 0 Å². The molecule has 1 N–H and O–H groups in total. The zero-order valence-corrected chi connectivity index (χ0v) is 11.7. The highest BCUT2D eigenvalue weighted by Gasteiger charge is 2.16. The van der Waals surface area contributed by atoms with Gasteiger partial charge in [0.25, 0.3) is 0 Å². The molecule has 2 nitrogen and oxygen atoms in total. The average molecular weight is 268 g/mol. The normalized spacial score (nSPS) is 18.6. The van der Waals surface area contributed by atoms with E-state index in [2.05, 4.69) is 12.2 Å². The largest absolute Gasteiger partial charge is 0.493 e. The quantitative estimate of drug-likeness (QED) is 0.877. The summed E-state index contributed by atoms with van der Waals surface area (Å²) < 4.78 is 5.79. The summed E-state index contributed by atoms with van der Waals surface area (Å²) in [4.78, 5) is 0. The minimum absolute atomic E-state index is 0.615. The Balaban J connectivity index is 1.70. The molecule has 1 fully saturated rings. The van der Waals surface area contributed by atoms with E-state index >= 15 is 0 Å². The summed E-state index contributed by atoms with van der Waals surface area (Å²) in [7, 11) is 0. The van der Waals surface area contributed by atoms with Crippen LogP contribution in [0.15, 0.2) is 24.3 Å². The fraction of sp³-hybridized carbons (Fsp3) is 0.600. The van der Waals surface area contributed by atoms with E-state index in [1.807, 2.05) is 24.3 Å². The standard InChI is InChI=1S/C15H22ClNO/c1-12(10-13-6-8-17-9-7-13)11-18-15-4-2-14(16)3-5-15/h2-5,12-13,17H,6-11H2,1H3. The van der Waals surface area contributed by atoms with Gasteiger partial charge in [-0.05, 0) is 68.5 Å². The van der Waals surface area contributed by atoms with Crippen molar-refractivity contribution in [2.75, 3.05) is 19.7 Å². The number of piperidine rings is 1. The molecule has 0 amide bonds. The molecular formula is C15H22ClNO. The van der Waals surface area contributed by atoms with Crippen LogP contribution in [0.1, 0.15) is 26.2 Å².